The van der Waals surface area contributed by atoms with Crippen LogP contribution in [0, 0.1) is 5.41 Å². The number of hydrogen-bond donors (Lipinski definition) is 1. The van der Waals surface area contributed by atoms with Crippen LogP contribution in [0.15, 0.2) is 0 Å². The first-order valence-electron chi connectivity index (χ1n) is 5.20. The molecule has 13 heavy (non-hydrogen) atoms. The summed E-state index contributed by atoms with van der Waals surface area (Å²) in [5, 5.41) is 0. The predicted molar refractivity (Wildman–Crippen MR) is 52.6 cm³/mol. The van der Waals surface area contributed by atoms with Gasteiger partial charge < -0.3 is 15.4 Å². The lowest BCUT2D eigenvalue weighted by Crippen LogP contribution is -2.49. The third-order valence-corrected chi connectivity index (χ3v) is 3.83. The van der Waals surface area contributed by atoms with E-state index < -0.39 is 0 Å². The molecule has 0 amide bonds. The van der Waals surface area contributed by atoms with Gasteiger partial charge in [-0.05, 0) is 39.9 Å². The van der Waals surface area contributed by atoms with Gasteiger partial charge in [0.05, 0.1) is 12.7 Å². The molecule has 0 aromatic heterocycles. The van der Waals surface area contributed by atoms with Crippen molar-refractivity contribution in [3.05, 3.63) is 0 Å². The molecule has 2 rings (SSSR count). The van der Waals surface area contributed by atoms with Gasteiger partial charge in [0.2, 0.25) is 0 Å². The first-order valence-corrected chi connectivity index (χ1v) is 5.20. The van der Waals surface area contributed by atoms with Crippen LogP contribution in [-0.2, 0) is 4.74 Å². The van der Waals surface area contributed by atoms with Gasteiger partial charge in [0, 0.05) is 11.5 Å². The summed E-state index contributed by atoms with van der Waals surface area (Å²) >= 11 is 0. The lowest BCUT2D eigenvalue weighted by atomic mass is 9.73. The Morgan fingerprint density at radius 2 is 2.00 bits per heavy atom. The molecule has 2 aliphatic heterocycles. The van der Waals surface area contributed by atoms with Crippen molar-refractivity contribution in [2.45, 2.75) is 31.9 Å². The van der Waals surface area contributed by atoms with E-state index in [9.17, 15) is 0 Å². The second-order valence-electron chi connectivity index (χ2n) is 4.71. The van der Waals surface area contributed by atoms with E-state index in [4.69, 9.17) is 10.5 Å². The molecule has 0 aromatic carbocycles. The van der Waals surface area contributed by atoms with Crippen molar-refractivity contribution in [2.24, 2.45) is 11.1 Å². The van der Waals surface area contributed by atoms with E-state index in [2.05, 4.69) is 18.9 Å². The molecule has 2 N–H and O–H groups in total. The zero-order valence-electron chi connectivity index (χ0n) is 8.62. The highest BCUT2D eigenvalue weighted by atomic mass is 16.5. The van der Waals surface area contributed by atoms with E-state index in [-0.39, 0.29) is 12.1 Å². The highest BCUT2D eigenvalue weighted by Gasteiger charge is 2.46. The third kappa shape index (κ3) is 1.49. The molecule has 0 saturated carbocycles. The maximum absolute atomic E-state index is 6.19. The van der Waals surface area contributed by atoms with E-state index >= 15 is 0 Å². The molecule has 3 heteroatoms. The van der Waals surface area contributed by atoms with Gasteiger partial charge in [0.25, 0.3) is 0 Å². The second kappa shape index (κ2) is 3.23. The summed E-state index contributed by atoms with van der Waals surface area (Å²) in [6, 6.07) is 0.251. The third-order valence-electron chi connectivity index (χ3n) is 3.83. The van der Waals surface area contributed by atoms with Gasteiger partial charge in [-0.2, -0.15) is 0 Å². The Morgan fingerprint density at radius 1 is 1.38 bits per heavy atom. The minimum atomic E-state index is 0.251. The zero-order chi connectivity index (χ0) is 9.47. The topological polar surface area (TPSA) is 38.5 Å². The summed E-state index contributed by atoms with van der Waals surface area (Å²) in [4.78, 5) is 2.38. The van der Waals surface area contributed by atoms with Crippen LogP contribution in [0.25, 0.3) is 0 Å². The average molecular weight is 184 g/mol. The van der Waals surface area contributed by atoms with Crippen LogP contribution >= 0.6 is 0 Å². The van der Waals surface area contributed by atoms with Gasteiger partial charge in [-0.15, -0.1) is 0 Å². The lowest BCUT2D eigenvalue weighted by molar-refractivity contribution is 0.0756. The normalized spacial score (nSPS) is 39.9. The molecule has 76 valence electrons. The summed E-state index contributed by atoms with van der Waals surface area (Å²) in [6.45, 7) is 5.31. The molecule has 0 radical (unpaired) electrons. The van der Waals surface area contributed by atoms with Crippen molar-refractivity contribution in [1.82, 2.24) is 4.90 Å². The zero-order valence-corrected chi connectivity index (χ0v) is 8.62. The SMILES string of the molecule is C[C@H]1OCC2(CCN(C)CC2)[C@@H]1N. The van der Waals surface area contributed by atoms with E-state index in [1.54, 1.807) is 0 Å². The van der Waals surface area contributed by atoms with E-state index in [1.807, 2.05) is 0 Å². The molecular formula is C10H20N2O. The van der Waals surface area contributed by atoms with Gasteiger partial charge >= 0.3 is 0 Å². The summed E-state index contributed by atoms with van der Waals surface area (Å²) in [5.41, 5.74) is 6.49. The standard InChI is InChI=1S/C10H20N2O/c1-8-9(11)10(7-13-8)3-5-12(2)6-4-10/h8-9H,3-7,11H2,1-2H3/t8-,9-/m1/s1. The number of rotatable bonds is 0. The van der Waals surface area contributed by atoms with Gasteiger partial charge in [0.15, 0.2) is 0 Å². The van der Waals surface area contributed by atoms with Crippen LogP contribution in [0.3, 0.4) is 0 Å². The molecule has 2 saturated heterocycles. The summed E-state index contributed by atoms with van der Waals surface area (Å²) < 4.78 is 5.65. The Kier molecular flexibility index (Phi) is 2.34. The molecule has 1 spiro atoms. The first kappa shape index (κ1) is 9.44. The number of piperidine rings is 1. The van der Waals surface area contributed by atoms with Crippen LogP contribution in [0.5, 0.6) is 0 Å². The molecule has 2 heterocycles. The van der Waals surface area contributed by atoms with E-state index in [0.717, 1.165) is 6.61 Å². The van der Waals surface area contributed by atoms with Gasteiger partial charge in [0.1, 0.15) is 0 Å². The summed E-state index contributed by atoms with van der Waals surface area (Å²) in [7, 11) is 2.18. The molecule has 2 fully saturated rings. The monoisotopic (exact) mass is 184 g/mol. The Bertz CT molecular complexity index is 187. The van der Waals surface area contributed by atoms with Crippen LogP contribution in [0.1, 0.15) is 19.8 Å². The highest BCUT2D eigenvalue weighted by Crippen LogP contribution is 2.40. The molecular weight excluding hydrogens is 164 g/mol. The number of hydrogen-bond acceptors (Lipinski definition) is 3. The fourth-order valence-electron chi connectivity index (χ4n) is 2.54. The minimum absolute atomic E-state index is 0.251. The van der Waals surface area contributed by atoms with Crippen molar-refractivity contribution in [3.63, 3.8) is 0 Å². The van der Waals surface area contributed by atoms with Crippen LogP contribution < -0.4 is 5.73 Å². The lowest BCUT2D eigenvalue weighted by Gasteiger charge is -2.39. The number of nitrogens with two attached hydrogens (primary N) is 1. The summed E-state index contributed by atoms with van der Waals surface area (Å²) in [6.07, 6.45) is 2.66. The average Bonchev–Trinajstić information content (AvgIpc) is 2.40. The van der Waals surface area contributed by atoms with Gasteiger partial charge in [-0.1, -0.05) is 0 Å². The largest absolute Gasteiger partial charge is 0.376 e. The number of ether oxygens (including phenoxy) is 1. The minimum Gasteiger partial charge on any atom is -0.376 e. The summed E-state index contributed by atoms with van der Waals surface area (Å²) in [5.74, 6) is 0. The predicted octanol–water partition coefficient (Wildman–Crippen LogP) is 0.444. The van der Waals surface area contributed by atoms with Crippen LogP contribution in [0.4, 0.5) is 0 Å². The second-order valence-corrected chi connectivity index (χ2v) is 4.71. The smallest absolute Gasteiger partial charge is 0.0704 e. The maximum atomic E-state index is 6.19. The number of nitrogens with zero attached hydrogens (tertiary/aromatic N) is 1. The molecule has 2 aliphatic rings. The molecule has 0 aliphatic carbocycles. The van der Waals surface area contributed by atoms with E-state index in [0.29, 0.717) is 5.41 Å². The Hall–Kier alpha value is -0.120. The van der Waals surface area contributed by atoms with Crippen molar-refractivity contribution in [2.75, 3.05) is 26.7 Å². The van der Waals surface area contributed by atoms with Crippen molar-refractivity contribution in [3.8, 4) is 0 Å². The first-order chi connectivity index (χ1) is 6.14. The van der Waals surface area contributed by atoms with Gasteiger partial charge in [-0.3, -0.25) is 0 Å². The maximum Gasteiger partial charge on any atom is 0.0704 e. The van der Waals surface area contributed by atoms with Crippen LogP contribution in [0.2, 0.25) is 0 Å². The van der Waals surface area contributed by atoms with Crippen molar-refractivity contribution in [1.29, 1.82) is 0 Å². The molecule has 0 unspecified atom stereocenters. The quantitative estimate of drug-likeness (QED) is 0.594. The highest BCUT2D eigenvalue weighted by molar-refractivity contribution is 4.99. The molecule has 0 aromatic rings. The Labute approximate surface area is 80.2 Å². The van der Waals surface area contributed by atoms with Crippen molar-refractivity contribution >= 4 is 0 Å². The molecule has 0 bridgehead atoms. The fraction of sp³-hybridized carbons (Fsp3) is 1.00. The Balaban J connectivity index is 2.05. The Morgan fingerprint density at radius 3 is 2.46 bits per heavy atom. The van der Waals surface area contributed by atoms with Gasteiger partial charge in [-0.25, -0.2) is 0 Å². The molecule has 3 nitrogen and oxygen atoms in total. The van der Waals surface area contributed by atoms with Crippen molar-refractivity contribution < 1.29 is 4.74 Å². The van der Waals surface area contributed by atoms with E-state index in [1.165, 1.54) is 25.9 Å². The number of likely N-dealkylation sites (tertiary alicyclic amines) is 1. The van der Waals surface area contributed by atoms with Crippen LogP contribution in [-0.4, -0.2) is 43.8 Å². The fourth-order valence-corrected chi connectivity index (χ4v) is 2.54. The molecule has 2 atom stereocenters.